The standard InChI is InChI=1S/C17H24N4O2/c1-13-15-5-3-4-6-16(15)21(19-13)14(2)17(22)18-7-8-20-9-11-23-12-10-20/h3-6,14H,7-12H2,1-2H3,(H,18,22)/t14-/m0/s1. The van der Waals surface area contributed by atoms with Crippen LogP contribution in [0.4, 0.5) is 0 Å². The topological polar surface area (TPSA) is 59.4 Å². The molecule has 1 atom stereocenters. The summed E-state index contributed by atoms with van der Waals surface area (Å²) < 4.78 is 7.14. The van der Waals surface area contributed by atoms with Crippen molar-refractivity contribution in [3.05, 3.63) is 30.0 Å². The molecule has 2 aromatic rings. The van der Waals surface area contributed by atoms with Gasteiger partial charge in [-0.05, 0) is 19.9 Å². The first-order valence-electron chi connectivity index (χ1n) is 8.18. The molecule has 124 valence electrons. The van der Waals surface area contributed by atoms with Crippen molar-refractivity contribution in [2.24, 2.45) is 0 Å². The summed E-state index contributed by atoms with van der Waals surface area (Å²) in [5, 5.41) is 8.66. The summed E-state index contributed by atoms with van der Waals surface area (Å²) >= 11 is 0. The maximum absolute atomic E-state index is 12.4. The lowest BCUT2D eigenvalue weighted by atomic mass is 10.2. The molecule has 0 bridgehead atoms. The van der Waals surface area contributed by atoms with Gasteiger partial charge in [-0.25, -0.2) is 0 Å². The molecule has 3 rings (SSSR count). The zero-order valence-corrected chi connectivity index (χ0v) is 13.8. The smallest absolute Gasteiger partial charge is 0.244 e. The minimum absolute atomic E-state index is 0.00603. The highest BCUT2D eigenvalue weighted by Crippen LogP contribution is 2.21. The van der Waals surface area contributed by atoms with Gasteiger partial charge in [0.25, 0.3) is 0 Å². The van der Waals surface area contributed by atoms with E-state index in [4.69, 9.17) is 4.74 Å². The van der Waals surface area contributed by atoms with E-state index in [2.05, 4.69) is 15.3 Å². The number of hydrogen-bond donors (Lipinski definition) is 1. The van der Waals surface area contributed by atoms with Gasteiger partial charge in [0, 0.05) is 31.6 Å². The van der Waals surface area contributed by atoms with Crippen molar-refractivity contribution in [1.29, 1.82) is 0 Å². The lowest BCUT2D eigenvalue weighted by molar-refractivity contribution is -0.124. The van der Waals surface area contributed by atoms with Crippen LogP contribution in [-0.2, 0) is 9.53 Å². The number of fused-ring (bicyclic) bond motifs is 1. The number of para-hydroxylation sites is 1. The summed E-state index contributed by atoms with van der Waals surface area (Å²) in [7, 11) is 0. The fourth-order valence-corrected chi connectivity index (χ4v) is 2.96. The second-order valence-corrected chi connectivity index (χ2v) is 5.97. The van der Waals surface area contributed by atoms with Crippen LogP contribution in [0.25, 0.3) is 10.9 Å². The Bertz CT molecular complexity index is 676. The van der Waals surface area contributed by atoms with E-state index in [0.29, 0.717) is 6.54 Å². The minimum Gasteiger partial charge on any atom is -0.379 e. The fourth-order valence-electron chi connectivity index (χ4n) is 2.96. The van der Waals surface area contributed by atoms with Gasteiger partial charge in [0.05, 0.1) is 24.4 Å². The van der Waals surface area contributed by atoms with Crippen molar-refractivity contribution in [2.45, 2.75) is 19.9 Å². The molecule has 1 N–H and O–H groups in total. The molecule has 23 heavy (non-hydrogen) atoms. The molecule has 0 spiro atoms. The van der Waals surface area contributed by atoms with Crippen LogP contribution in [0.5, 0.6) is 0 Å². The quantitative estimate of drug-likeness (QED) is 0.905. The predicted molar refractivity (Wildman–Crippen MR) is 89.4 cm³/mol. The molecule has 1 aliphatic heterocycles. The number of carbonyl (C=O) groups is 1. The molecule has 0 aliphatic carbocycles. The number of aryl methyl sites for hydroxylation is 1. The summed E-state index contributed by atoms with van der Waals surface area (Å²) in [5.74, 6) is 0.00603. The van der Waals surface area contributed by atoms with Crippen molar-refractivity contribution < 1.29 is 9.53 Å². The number of nitrogens with zero attached hydrogens (tertiary/aromatic N) is 3. The highest BCUT2D eigenvalue weighted by atomic mass is 16.5. The van der Waals surface area contributed by atoms with E-state index in [1.165, 1.54) is 0 Å². The number of hydrogen-bond acceptors (Lipinski definition) is 4. The van der Waals surface area contributed by atoms with Gasteiger partial charge in [0.15, 0.2) is 0 Å². The lowest BCUT2D eigenvalue weighted by Crippen LogP contribution is -2.42. The number of rotatable bonds is 5. The van der Waals surface area contributed by atoms with E-state index < -0.39 is 0 Å². The Balaban J connectivity index is 1.60. The van der Waals surface area contributed by atoms with Crippen LogP contribution in [-0.4, -0.2) is 60.0 Å². The van der Waals surface area contributed by atoms with Crippen molar-refractivity contribution in [1.82, 2.24) is 20.0 Å². The maximum atomic E-state index is 12.4. The normalized spacial score (nSPS) is 17.3. The van der Waals surface area contributed by atoms with Gasteiger partial charge in [0.1, 0.15) is 6.04 Å². The van der Waals surface area contributed by atoms with Crippen molar-refractivity contribution in [3.63, 3.8) is 0 Å². The molecule has 6 nitrogen and oxygen atoms in total. The molecule has 1 aromatic heterocycles. The van der Waals surface area contributed by atoms with Crippen LogP contribution in [0.15, 0.2) is 24.3 Å². The van der Waals surface area contributed by atoms with Crippen LogP contribution in [0, 0.1) is 6.92 Å². The number of aromatic nitrogens is 2. The molecular formula is C17H24N4O2. The van der Waals surface area contributed by atoms with E-state index >= 15 is 0 Å². The number of morpholine rings is 1. The maximum Gasteiger partial charge on any atom is 0.244 e. The first-order chi connectivity index (χ1) is 11.2. The summed E-state index contributed by atoms with van der Waals surface area (Å²) in [6.07, 6.45) is 0. The molecule has 6 heteroatoms. The van der Waals surface area contributed by atoms with E-state index in [9.17, 15) is 4.79 Å². The molecule has 1 aromatic carbocycles. The molecule has 0 saturated carbocycles. The van der Waals surface area contributed by atoms with Crippen LogP contribution >= 0.6 is 0 Å². The monoisotopic (exact) mass is 316 g/mol. The number of carbonyl (C=O) groups excluding carboxylic acids is 1. The lowest BCUT2D eigenvalue weighted by Gasteiger charge is -2.26. The Kier molecular flexibility index (Phi) is 4.93. The molecule has 2 heterocycles. The fraction of sp³-hybridized carbons (Fsp3) is 0.529. The highest BCUT2D eigenvalue weighted by Gasteiger charge is 2.19. The second-order valence-electron chi connectivity index (χ2n) is 5.97. The van der Waals surface area contributed by atoms with Crippen molar-refractivity contribution in [2.75, 3.05) is 39.4 Å². The molecule has 0 radical (unpaired) electrons. The van der Waals surface area contributed by atoms with Crippen LogP contribution in [0.3, 0.4) is 0 Å². The summed E-state index contributed by atoms with van der Waals surface area (Å²) in [6.45, 7) is 8.82. The summed E-state index contributed by atoms with van der Waals surface area (Å²) in [5.41, 5.74) is 1.95. The Hall–Kier alpha value is -1.92. The average molecular weight is 316 g/mol. The Labute approximate surface area is 136 Å². The van der Waals surface area contributed by atoms with Crippen molar-refractivity contribution in [3.8, 4) is 0 Å². The Morgan fingerprint density at radius 2 is 2.09 bits per heavy atom. The van der Waals surface area contributed by atoms with Crippen molar-refractivity contribution >= 4 is 16.8 Å². The third-order valence-corrected chi connectivity index (χ3v) is 4.38. The largest absolute Gasteiger partial charge is 0.379 e. The first kappa shape index (κ1) is 16.0. The zero-order chi connectivity index (χ0) is 16.2. The van der Waals surface area contributed by atoms with Gasteiger partial charge in [-0.3, -0.25) is 14.4 Å². The Morgan fingerprint density at radius 1 is 1.35 bits per heavy atom. The first-order valence-corrected chi connectivity index (χ1v) is 8.18. The number of ether oxygens (including phenoxy) is 1. The average Bonchev–Trinajstić information content (AvgIpc) is 2.92. The molecule has 1 amide bonds. The van der Waals surface area contributed by atoms with Gasteiger partial charge in [-0.1, -0.05) is 18.2 Å². The van der Waals surface area contributed by atoms with E-state index in [1.807, 2.05) is 42.8 Å². The molecule has 1 aliphatic rings. The third-order valence-electron chi connectivity index (χ3n) is 4.38. The molecule has 0 unspecified atom stereocenters. The predicted octanol–water partition coefficient (Wildman–Crippen LogP) is 1.35. The SMILES string of the molecule is Cc1nn([C@@H](C)C(=O)NCCN2CCOCC2)c2ccccc12. The van der Waals surface area contributed by atoms with E-state index in [-0.39, 0.29) is 11.9 Å². The number of benzene rings is 1. The second kappa shape index (κ2) is 7.10. The van der Waals surface area contributed by atoms with Crippen LogP contribution in [0.2, 0.25) is 0 Å². The minimum atomic E-state index is -0.321. The van der Waals surface area contributed by atoms with Gasteiger partial charge in [0.2, 0.25) is 5.91 Å². The molecule has 1 fully saturated rings. The van der Waals surface area contributed by atoms with E-state index in [0.717, 1.165) is 49.4 Å². The zero-order valence-electron chi connectivity index (χ0n) is 13.8. The van der Waals surface area contributed by atoms with Gasteiger partial charge >= 0.3 is 0 Å². The van der Waals surface area contributed by atoms with Gasteiger partial charge < -0.3 is 10.1 Å². The Morgan fingerprint density at radius 3 is 2.87 bits per heavy atom. The molecular weight excluding hydrogens is 292 g/mol. The highest BCUT2D eigenvalue weighted by molar-refractivity contribution is 5.86. The molecule has 1 saturated heterocycles. The van der Waals surface area contributed by atoms with E-state index in [1.54, 1.807) is 0 Å². The summed E-state index contributed by atoms with van der Waals surface area (Å²) in [4.78, 5) is 14.7. The van der Waals surface area contributed by atoms with Crippen LogP contribution in [0.1, 0.15) is 18.7 Å². The third kappa shape index (κ3) is 3.54. The number of amides is 1. The van der Waals surface area contributed by atoms with Gasteiger partial charge in [-0.2, -0.15) is 5.10 Å². The number of nitrogens with one attached hydrogen (secondary N) is 1. The van der Waals surface area contributed by atoms with Gasteiger partial charge in [-0.15, -0.1) is 0 Å². The summed E-state index contributed by atoms with van der Waals surface area (Å²) in [6, 6.07) is 7.69. The van der Waals surface area contributed by atoms with Crippen LogP contribution < -0.4 is 5.32 Å².